The number of para-hydroxylation sites is 1. The molecule has 0 saturated carbocycles. The summed E-state index contributed by atoms with van der Waals surface area (Å²) >= 11 is 0. The Morgan fingerprint density at radius 1 is 0.906 bits per heavy atom. The van der Waals surface area contributed by atoms with Crippen molar-refractivity contribution in [2.24, 2.45) is 0 Å². The first-order valence-electron chi connectivity index (χ1n) is 9.88. The van der Waals surface area contributed by atoms with Gasteiger partial charge in [-0.1, -0.05) is 24.3 Å². The Morgan fingerprint density at radius 3 is 2.47 bits per heavy atom. The first-order valence-corrected chi connectivity index (χ1v) is 9.88. The normalized spacial score (nSPS) is 10.4. The van der Waals surface area contributed by atoms with Crippen LogP contribution in [0.4, 0.5) is 11.4 Å². The molecule has 0 radical (unpaired) electrons. The molecule has 0 aliphatic rings. The van der Waals surface area contributed by atoms with Crippen LogP contribution in [0.3, 0.4) is 0 Å². The maximum absolute atomic E-state index is 13.0. The number of carbonyl (C=O) groups excluding carboxylic acids is 2. The van der Waals surface area contributed by atoms with Crippen LogP contribution in [0.25, 0.3) is 5.82 Å². The number of nitrogens with zero attached hydrogens (tertiary/aromatic N) is 3. The van der Waals surface area contributed by atoms with Crippen LogP contribution in [0, 0.1) is 6.92 Å². The van der Waals surface area contributed by atoms with Gasteiger partial charge in [0.05, 0.1) is 35.8 Å². The van der Waals surface area contributed by atoms with Crippen molar-refractivity contribution in [3.63, 3.8) is 0 Å². The van der Waals surface area contributed by atoms with Crippen LogP contribution in [0.1, 0.15) is 26.4 Å². The first-order chi connectivity index (χ1) is 15.6. The Balaban J connectivity index is 1.55. The minimum Gasteiger partial charge on any atom is -0.497 e. The fraction of sp³-hybridized carbons (Fsp3) is 0.0833. The van der Waals surface area contributed by atoms with Gasteiger partial charge in [-0.15, -0.1) is 0 Å². The van der Waals surface area contributed by atoms with Crippen LogP contribution in [0.15, 0.2) is 79.1 Å². The monoisotopic (exact) mass is 427 g/mol. The summed E-state index contributed by atoms with van der Waals surface area (Å²) in [6, 6.07) is 19.3. The molecule has 0 aliphatic carbocycles. The molecule has 2 heterocycles. The van der Waals surface area contributed by atoms with Crippen molar-refractivity contribution in [3.05, 3.63) is 95.9 Å². The highest BCUT2D eigenvalue weighted by Gasteiger charge is 2.19. The number of hydrogen-bond acceptors (Lipinski definition) is 5. The molecule has 160 valence electrons. The zero-order valence-electron chi connectivity index (χ0n) is 17.6. The van der Waals surface area contributed by atoms with Crippen LogP contribution in [-0.4, -0.2) is 33.7 Å². The maximum Gasteiger partial charge on any atom is 0.259 e. The molecule has 0 unspecified atom stereocenters. The van der Waals surface area contributed by atoms with Crippen molar-refractivity contribution in [3.8, 4) is 11.6 Å². The van der Waals surface area contributed by atoms with Crippen molar-refractivity contribution in [2.75, 3.05) is 17.7 Å². The predicted octanol–water partition coefficient (Wildman–Crippen LogP) is 4.09. The van der Waals surface area contributed by atoms with E-state index in [1.165, 1.54) is 6.20 Å². The molecule has 0 bridgehead atoms. The lowest BCUT2D eigenvalue weighted by atomic mass is 10.1. The van der Waals surface area contributed by atoms with Crippen LogP contribution in [-0.2, 0) is 0 Å². The standard InChI is InChI=1S/C24H21N5O3/c1-16-20(15-26-29(16)22-12-5-6-13-25-22)24(31)28-21-11-4-3-10-19(21)23(30)27-17-8-7-9-18(14-17)32-2/h3-15H,1-2H3,(H,27,30)(H,28,31). The van der Waals surface area contributed by atoms with E-state index < -0.39 is 0 Å². The van der Waals surface area contributed by atoms with Gasteiger partial charge in [-0.2, -0.15) is 5.10 Å². The Morgan fingerprint density at radius 2 is 1.69 bits per heavy atom. The molecule has 8 heteroatoms. The molecular weight excluding hydrogens is 406 g/mol. The second-order valence-electron chi connectivity index (χ2n) is 6.93. The number of anilines is 2. The number of ether oxygens (including phenoxy) is 1. The Hall–Kier alpha value is -4.46. The van der Waals surface area contributed by atoms with Gasteiger partial charge in [-0.25, -0.2) is 9.67 Å². The molecule has 2 amide bonds. The molecule has 0 fully saturated rings. The van der Waals surface area contributed by atoms with E-state index in [9.17, 15) is 9.59 Å². The van der Waals surface area contributed by atoms with Gasteiger partial charge in [0.15, 0.2) is 5.82 Å². The van der Waals surface area contributed by atoms with Crippen LogP contribution >= 0.6 is 0 Å². The van der Waals surface area contributed by atoms with Gasteiger partial charge in [-0.3, -0.25) is 9.59 Å². The fourth-order valence-corrected chi connectivity index (χ4v) is 3.22. The fourth-order valence-electron chi connectivity index (χ4n) is 3.22. The largest absolute Gasteiger partial charge is 0.497 e. The van der Waals surface area contributed by atoms with E-state index in [1.807, 2.05) is 12.1 Å². The second-order valence-corrected chi connectivity index (χ2v) is 6.93. The lowest BCUT2D eigenvalue weighted by Crippen LogP contribution is -2.18. The molecule has 0 spiro atoms. The molecule has 32 heavy (non-hydrogen) atoms. The summed E-state index contributed by atoms with van der Waals surface area (Å²) in [6.07, 6.45) is 3.14. The van der Waals surface area contributed by atoms with Gasteiger partial charge < -0.3 is 15.4 Å². The smallest absolute Gasteiger partial charge is 0.259 e. The number of nitrogens with one attached hydrogen (secondary N) is 2. The zero-order chi connectivity index (χ0) is 22.5. The number of aromatic nitrogens is 3. The van der Waals surface area contributed by atoms with E-state index in [0.29, 0.717) is 39.8 Å². The molecule has 2 aromatic heterocycles. The summed E-state index contributed by atoms with van der Waals surface area (Å²) in [6.45, 7) is 1.79. The third-order valence-corrected chi connectivity index (χ3v) is 4.87. The highest BCUT2D eigenvalue weighted by molar-refractivity contribution is 6.12. The minimum absolute atomic E-state index is 0.332. The van der Waals surface area contributed by atoms with Crippen molar-refractivity contribution in [1.82, 2.24) is 14.8 Å². The third-order valence-electron chi connectivity index (χ3n) is 4.87. The molecule has 4 rings (SSSR count). The number of rotatable bonds is 6. The van der Waals surface area contributed by atoms with E-state index in [4.69, 9.17) is 4.74 Å². The Kier molecular flexibility index (Phi) is 5.94. The van der Waals surface area contributed by atoms with Crippen molar-refractivity contribution < 1.29 is 14.3 Å². The minimum atomic E-state index is -0.369. The molecular formula is C24H21N5O3. The zero-order valence-corrected chi connectivity index (χ0v) is 17.6. The summed E-state index contributed by atoms with van der Waals surface area (Å²) in [5.41, 5.74) is 2.34. The van der Waals surface area contributed by atoms with Crippen LogP contribution in [0.2, 0.25) is 0 Å². The number of hydrogen-bond donors (Lipinski definition) is 2. The highest BCUT2D eigenvalue weighted by atomic mass is 16.5. The van der Waals surface area contributed by atoms with Crippen LogP contribution < -0.4 is 15.4 Å². The number of pyridine rings is 1. The number of carbonyl (C=O) groups is 2. The van der Waals surface area contributed by atoms with E-state index in [2.05, 4.69) is 20.7 Å². The first kappa shape index (κ1) is 20.8. The maximum atomic E-state index is 13.0. The average molecular weight is 427 g/mol. The van der Waals surface area contributed by atoms with E-state index in [-0.39, 0.29) is 11.8 Å². The quantitative estimate of drug-likeness (QED) is 0.483. The Bertz CT molecular complexity index is 1270. The molecule has 0 atom stereocenters. The van der Waals surface area contributed by atoms with Gasteiger partial charge in [0, 0.05) is 18.0 Å². The topological polar surface area (TPSA) is 98.1 Å². The number of benzene rings is 2. The lowest BCUT2D eigenvalue weighted by Gasteiger charge is -2.12. The average Bonchev–Trinajstić information content (AvgIpc) is 3.21. The summed E-state index contributed by atoms with van der Waals surface area (Å²) < 4.78 is 6.79. The van der Waals surface area contributed by atoms with Gasteiger partial charge in [0.2, 0.25) is 0 Å². The van der Waals surface area contributed by atoms with Gasteiger partial charge >= 0.3 is 0 Å². The van der Waals surface area contributed by atoms with Crippen molar-refractivity contribution in [2.45, 2.75) is 6.92 Å². The van der Waals surface area contributed by atoms with Gasteiger partial charge in [0.25, 0.3) is 11.8 Å². The van der Waals surface area contributed by atoms with Crippen LogP contribution in [0.5, 0.6) is 5.75 Å². The van der Waals surface area contributed by atoms with E-state index in [1.54, 1.807) is 79.5 Å². The van der Waals surface area contributed by atoms with E-state index >= 15 is 0 Å². The second kappa shape index (κ2) is 9.13. The molecule has 0 aliphatic heterocycles. The third kappa shape index (κ3) is 4.34. The number of methoxy groups -OCH3 is 1. The highest BCUT2D eigenvalue weighted by Crippen LogP contribution is 2.22. The molecule has 0 saturated heterocycles. The summed E-state index contributed by atoms with van der Waals surface area (Å²) in [4.78, 5) is 30.1. The molecule has 4 aromatic rings. The molecule has 8 nitrogen and oxygen atoms in total. The van der Waals surface area contributed by atoms with Crippen molar-refractivity contribution >= 4 is 23.2 Å². The SMILES string of the molecule is COc1cccc(NC(=O)c2ccccc2NC(=O)c2cnn(-c3ccccn3)c2C)c1. The Labute approximate surface area is 184 Å². The molecule has 2 aromatic carbocycles. The van der Waals surface area contributed by atoms with Crippen molar-refractivity contribution in [1.29, 1.82) is 0 Å². The van der Waals surface area contributed by atoms with Gasteiger partial charge in [-0.05, 0) is 43.3 Å². The molecule has 2 N–H and O–H groups in total. The summed E-state index contributed by atoms with van der Waals surface area (Å²) in [7, 11) is 1.56. The predicted molar refractivity (Wildman–Crippen MR) is 121 cm³/mol. The lowest BCUT2D eigenvalue weighted by molar-refractivity contribution is 0.102. The number of amides is 2. The van der Waals surface area contributed by atoms with Gasteiger partial charge in [0.1, 0.15) is 5.75 Å². The summed E-state index contributed by atoms with van der Waals surface area (Å²) in [5, 5.41) is 9.93. The summed E-state index contributed by atoms with van der Waals surface area (Å²) in [5.74, 6) is 0.522. The van der Waals surface area contributed by atoms with E-state index in [0.717, 1.165) is 0 Å².